The molecule has 0 unspecified atom stereocenters. The van der Waals surface area contributed by atoms with Gasteiger partial charge in [0.05, 0.1) is 7.11 Å². The van der Waals surface area contributed by atoms with Gasteiger partial charge < -0.3 is 16.2 Å². The molecular formula is C10H15ClN2O2. The number of hydrogen-bond acceptors (Lipinski definition) is 4. The number of hydrogen-bond donors (Lipinski definition) is 2. The number of ether oxygens (including phenoxy) is 1. The first-order valence-corrected chi connectivity index (χ1v) is 4.31. The Morgan fingerprint density at radius 3 is 2.40 bits per heavy atom. The maximum Gasteiger partial charge on any atom is 0.322 e. The first-order chi connectivity index (χ1) is 6.63. The SMILES string of the molecule is COC(=O)[C@@H](N)Cc1ccc(N)cc1.Cl. The maximum absolute atomic E-state index is 11.0. The molecule has 0 aliphatic heterocycles. The molecule has 0 saturated carbocycles. The van der Waals surface area contributed by atoms with Crippen LogP contribution in [0.2, 0.25) is 0 Å². The second kappa shape index (κ2) is 6.27. The van der Waals surface area contributed by atoms with Crippen molar-refractivity contribution in [1.29, 1.82) is 0 Å². The molecule has 0 aliphatic rings. The van der Waals surface area contributed by atoms with Gasteiger partial charge in [-0.05, 0) is 24.1 Å². The average molecular weight is 231 g/mol. The van der Waals surface area contributed by atoms with Crippen LogP contribution in [0, 0.1) is 0 Å². The largest absolute Gasteiger partial charge is 0.468 e. The lowest BCUT2D eigenvalue weighted by Gasteiger charge is -2.08. The number of carbonyl (C=O) groups excluding carboxylic acids is 1. The minimum atomic E-state index is -0.608. The lowest BCUT2D eigenvalue weighted by atomic mass is 10.1. The van der Waals surface area contributed by atoms with Gasteiger partial charge in [-0.2, -0.15) is 0 Å². The molecule has 84 valence electrons. The standard InChI is InChI=1S/C10H14N2O2.ClH/c1-14-10(13)9(12)6-7-2-4-8(11)5-3-7;/h2-5,9H,6,11-12H2,1H3;1H/t9-;/m0./s1. The van der Waals surface area contributed by atoms with E-state index in [1.807, 2.05) is 12.1 Å². The molecule has 0 aromatic heterocycles. The van der Waals surface area contributed by atoms with E-state index >= 15 is 0 Å². The lowest BCUT2D eigenvalue weighted by Crippen LogP contribution is -2.33. The van der Waals surface area contributed by atoms with Crippen LogP contribution in [0.4, 0.5) is 5.69 Å². The van der Waals surface area contributed by atoms with Crippen LogP contribution in [-0.2, 0) is 16.0 Å². The molecule has 0 fully saturated rings. The number of benzene rings is 1. The number of rotatable bonds is 3. The summed E-state index contributed by atoms with van der Waals surface area (Å²) in [5, 5.41) is 0. The molecule has 0 radical (unpaired) electrons. The third kappa shape index (κ3) is 4.18. The third-order valence-corrected chi connectivity index (χ3v) is 1.94. The maximum atomic E-state index is 11.0. The number of carbonyl (C=O) groups is 1. The van der Waals surface area contributed by atoms with Gasteiger partial charge in [0, 0.05) is 5.69 Å². The molecule has 0 heterocycles. The molecule has 1 aromatic carbocycles. The molecular weight excluding hydrogens is 216 g/mol. The number of anilines is 1. The Hall–Kier alpha value is -1.26. The molecule has 1 atom stereocenters. The van der Waals surface area contributed by atoms with Gasteiger partial charge in [0.1, 0.15) is 6.04 Å². The molecule has 4 nitrogen and oxygen atoms in total. The Balaban J connectivity index is 0.00000196. The second-order valence-electron chi connectivity index (χ2n) is 3.08. The smallest absolute Gasteiger partial charge is 0.322 e. The predicted octanol–water partition coefficient (Wildman–Crippen LogP) is 0.733. The Kier molecular flexibility index (Phi) is 5.74. The Morgan fingerprint density at radius 1 is 1.40 bits per heavy atom. The normalized spacial score (nSPS) is 11.3. The first-order valence-electron chi connectivity index (χ1n) is 4.31. The summed E-state index contributed by atoms with van der Waals surface area (Å²) >= 11 is 0. The Labute approximate surface area is 95.0 Å². The van der Waals surface area contributed by atoms with Crippen LogP contribution in [0.3, 0.4) is 0 Å². The molecule has 0 aliphatic carbocycles. The fourth-order valence-electron chi connectivity index (χ4n) is 1.14. The van der Waals surface area contributed by atoms with Crippen molar-refractivity contribution in [2.75, 3.05) is 12.8 Å². The highest BCUT2D eigenvalue weighted by Gasteiger charge is 2.13. The average Bonchev–Trinajstić information content (AvgIpc) is 2.20. The van der Waals surface area contributed by atoms with Gasteiger partial charge in [-0.25, -0.2) is 0 Å². The molecule has 5 heteroatoms. The van der Waals surface area contributed by atoms with Crippen LogP contribution in [-0.4, -0.2) is 19.1 Å². The van der Waals surface area contributed by atoms with Crippen molar-refractivity contribution < 1.29 is 9.53 Å². The van der Waals surface area contributed by atoms with Gasteiger partial charge in [-0.15, -0.1) is 12.4 Å². The summed E-state index contributed by atoms with van der Waals surface area (Å²) in [5.41, 5.74) is 12.8. The van der Waals surface area contributed by atoms with Gasteiger partial charge in [0.25, 0.3) is 0 Å². The zero-order valence-corrected chi connectivity index (χ0v) is 9.29. The van der Waals surface area contributed by atoms with Crippen LogP contribution in [0.25, 0.3) is 0 Å². The van der Waals surface area contributed by atoms with Crippen molar-refractivity contribution >= 4 is 24.1 Å². The number of nitrogen functional groups attached to an aromatic ring is 1. The fourth-order valence-corrected chi connectivity index (χ4v) is 1.14. The van der Waals surface area contributed by atoms with Gasteiger partial charge in [0.2, 0.25) is 0 Å². The lowest BCUT2D eigenvalue weighted by molar-refractivity contribution is -0.142. The van der Waals surface area contributed by atoms with Crippen LogP contribution < -0.4 is 11.5 Å². The molecule has 15 heavy (non-hydrogen) atoms. The van der Waals surface area contributed by atoms with E-state index in [-0.39, 0.29) is 12.4 Å². The van der Waals surface area contributed by atoms with Crippen molar-refractivity contribution in [2.45, 2.75) is 12.5 Å². The summed E-state index contributed by atoms with van der Waals surface area (Å²) in [6, 6.07) is 6.64. The number of halogens is 1. The molecule has 1 aromatic rings. The van der Waals surface area contributed by atoms with Crippen LogP contribution in [0.1, 0.15) is 5.56 Å². The van der Waals surface area contributed by atoms with Crippen molar-refractivity contribution in [3.63, 3.8) is 0 Å². The first kappa shape index (κ1) is 13.7. The van der Waals surface area contributed by atoms with Crippen molar-refractivity contribution in [3.05, 3.63) is 29.8 Å². The quantitative estimate of drug-likeness (QED) is 0.593. The molecule has 4 N–H and O–H groups in total. The summed E-state index contributed by atoms with van der Waals surface area (Å²) in [5.74, 6) is -0.401. The van der Waals surface area contributed by atoms with E-state index in [4.69, 9.17) is 11.5 Å². The van der Waals surface area contributed by atoms with Gasteiger partial charge >= 0.3 is 5.97 Å². The van der Waals surface area contributed by atoms with Gasteiger partial charge in [0.15, 0.2) is 0 Å². The van der Waals surface area contributed by atoms with E-state index in [2.05, 4.69) is 4.74 Å². The van der Waals surface area contributed by atoms with Crippen molar-refractivity contribution in [1.82, 2.24) is 0 Å². The molecule has 0 saturated heterocycles. The van der Waals surface area contributed by atoms with Crippen LogP contribution in [0.5, 0.6) is 0 Å². The molecule has 0 bridgehead atoms. The Morgan fingerprint density at radius 2 is 1.93 bits per heavy atom. The zero-order valence-electron chi connectivity index (χ0n) is 8.47. The van der Waals surface area contributed by atoms with E-state index in [0.717, 1.165) is 5.56 Å². The monoisotopic (exact) mass is 230 g/mol. The molecule has 0 amide bonds. The van der Waals surface area contributed by atoms with E-state index < -0.39 is 12.0 Å². The topological polar surface area (TPSA) is 78.3 Å². The number of nitrogens with two attached hydrogens (primary N) is 2. The predicted molar refractivity (Wildman–Crippen MR) is 61.8 cm³/mol. The highest BCUT2D eigenvalue weighted by atomic mass is 35.5. The number of methoxy groups -OCH3 is 1. The summed E-state index contributed by atoms with van der Waals surface area (Å²) in [6.07, 6.45) is 0.465. The summed E-state index contributed by atoms with van der Waals surface area (Å²) in [7, 11) is 1.32. The molecule has 0 spiro atoms. The third-order valence-electron chi connectivity index (χ3n) is 1.94. The summed E-state index contributed by atoms with van der Waals surface area (Å²) < 4.78 is 4.52. The summed E-state index contributed by atoms with van der Waals surface area (Å²) in [6.45, 7) is 0. The zero-order chi connectivity index (χ0) is 10.6. The van der Waals surface area contributed by atoms with E-state index in [9.17, 15) is 4.79 Å². The number of esters is 1. The Bertz CT molecular complexity index is 314. The van der Waals surface area contributed by atoms with Crippen molar-refractivity contribution in [3.8, 4) is 0 Å². The van der Waals surface area contributed by atoms with E-state index in [0.29, 0.717) is 12.1 Å². The summed E-state index contributed by atoms with van der Waals surface area (Å²) in [4.78, 5) is 11.0. The van der Waals surface area contributed by atoms with Crippen LogP contribution >= 0.6 is 12.4 Å². The molecule has 1 rings (SSSR count). The highest BCUT2D eigenvalue weighted by Crippen LogP contribution is 2.07. The highest BCUT2D eigenvalue weighted by molar-refractivity contribution is 5.85. The van der Waals surface area contributed by atoms with E-state index in [1.54, 1.807) is 12.1 Å². The second-order valence-corrected chi connectivity index (χ2v) is 3.08. The van der Waals surface area contributed by atoms with Gasteiger partial charge in [-0.3, -0.25) is 4.79 Å². The van der Waals surface area contributed by atoms with Gasteiger partial charge in [-0.1, -0.05) is 12.1 Å². The fraction of sp³-hybridized carbons (Fsp3) is 0.300. The van der Waals surface area contributed by atoms with E-state index in [1.165, 1.54) is 7.11 Å². The van der Waals surface area contributed by atoms with Crippen LogP contribution in [0.15, 0.2) is 24.3 Å². The van der Waals surface area contributed by atoms with Crippen molar-refractivity contribution in [2.24, 2.45) is 5.73 Å². The minimum Gasteiger partial charge on any atom is -0.468 e. The minimum absolute atomic E-state index is 0.